The monoisotopic (exact) mass is 799 g/mol. The van der Waals surface area contributed by atoms with Crippen molar-refractivity contribution >= 4 is 60.2 Å². The number of alkyl halides is 1. The number of carbonyl (C=O) groups excluding carboxylic acids is 1. The first kappa shape index (κ1) is 34.2. The van der Waals surface area contributed by atoms with E-state index in [1.54, 1.807) is 24.3 Å². The number of fused-ring (bicyclic) bond motifs is 1. The van der Waals surface area contributed by atoms with E-state index in [4.69, 9.17) is 4.74 Å². The number of aliphatic carboxylic acids is 1. The van der Waals surface area contributed by atoms with Gasteiger partial charge < -0.3 is 25.4 Å². The molecule has 0 unspecified atom stereocenters. The number of carbonyl (C=O) groups is 2. The van der Waals surface area contributed by atoms with E-state index in [1.807, 2.05) is 37.3 Å². The third-order valence-corrected chi connectivity index (χ3v) is 11.6. The van der Waals surface area contributed by atoms with E-state index in [-0.39, 0.29) is 28.6 Å². The number of aromatic hydroxyl groups is 1. The number of carboxylic acid groups (broad SMARTS) is 1. The molecular weight excluding hydrogens is 765 g/mol. The van der Waals surface area contributed by atoms with E-state index in [0.29, 0.717) is 28.4 Å². The highest BCUT2D eigenvalue weighted by Crippen LogP contribution is 2.50. The van der Waals surface area contributed by atoms with Crippen molar-refractivity contribution in [2.75, 3.05) is 16.8 Å². The number of sulfone groups is 1. The van der Waals surface area contributed by atoms with Gasteiger partial charge in [-0.25, -0.2) is 13.2 Å². The molecule has 0 aliphatic carbocycles. The molecule has 0 saturated carbocycles. The molecule has 0 spiro atoms. The minimum Gasteiger partial charge on any atom is -0.508 e. The van der Waals surface area contributed by atoms with Crippen LogP contribution < -0.4 is 10.1 Å². The van der Waals surface area contributed by atoms with Crippen molar-refractivity contribution in [3.8, 4) is 11.5 Å². The molecule has 4 N–H and O–H groups in total. The van der Waals surface area contributed by atoms with Crippen molar-refractivity contribution in [2.45, 2.75) is 55.6 Å². The minimum atomic E-state index is -3.91. The van der Waals surface area contributed by atoms with Gasteiger partial charge in [0.1, 0.15) is 17.5 Å². The Balaban J connectivity index is 1.65. The molecule has 1 heterocycles. The highest BCUT2D eigenvalue weighted by Gasteiger charge is 2.49. The van der Waals surface area contributed by atoms with E-state index in [1.165, 1.54) is 12.1 Å². The summed E-state index contributed by atoms with van der Waals surface area (Å²) in [5.74, 6) is -2.88. The summed E-state index contributed by atoms with van der Waals surface area (Å²) in [6.07, 6.45) is 0.648. The Hall–Kier alpha value is -2.68. The van der Waals surface area contributed by atoms with Crippen LogP contribution in [-0.2, 0) is 25.8 Å². The fraction of sp³-hybridized carbons (Fsp3) is 0.375. The van der Waals surface area contributed by atoms with Gasteiger partial charge in [-0.1, -0.05) is 78.0 Å². The molecule has 0 fully saturated rings. The zero-order chi connectivity index (χ0) is 32.1. The molecule has 3 aromatic carbocycles. The zero-order valence-corrected chi connectivity index (χ0v) is 28.6. The third-order valence-electron chi connectivity index (χ3n) is 8.23. The van der Waals surface area contributed by atoms with E-state index >= 15 is 0 Å². The molecule has 1 aliphatic rings. The van der Waals surface area contributed by atoms with Gasteiger partial charge in [0.25, 0.3) is 5.91 Å². The highest BCUT2D eigenvalue weighted by atomic mass is 127. The van der Waals surface area contributed by atoms with E-state index in [9.17, 15) is 33.3 Å². The summed E-state index contributed by atoms with van der Waals surface area (Å²) in [6, 6.07) is 17.3. The number of phenolic OH excluding ortho intramolecular Hbond substituents is 1. The molecule has 0 saturated heterocycles. The first-order valence-corrected chi connectivity index (χ1v) is 18.2. The first-order valence-electron chi connectivity index (χ1n) is 14.2. The number of phenols is 1. The summed E-state index contributed by atoms with van der Waals surface area (Å²) in [7, 11) is -3.91. The van der Waals surface area contributed by atoms with Crippen molar-refractivity contribution in [3.05, 3.63) is 87.9 Å². The van der Waals surface area contributed by atoms with E-state index < -0.39 is 51.8 Å². The van der Waals surface area contributed by atoms with Crippen molar-refractivity contribution in [2.24, 2.45) is 5.41 Å². The maximum absolute atomic E-state index is 14.0. The molecule has 3 aromatic rings. The Morgan fingerprint density at radius 2 is 1.82 bits per heavy atom. The van der Waals surface area contributed by atoms with Gasteiger partial charge in [-0.3, -0.25) is 4.79 Å². The summed E-state index contributed by atoms with van der Waals surface area (Å²) < 4.78 is 35.0. The van der Waals surface area contributed by atoms with Crippen LogP contribution in [0.15, 0.2) is 76.1 Å². The largest absolute Gasteiger partial charge is 0.508 e. The lowest BCUT2D eigenvalue weighted by Crippen LogP contribution is -2.44. The molecular formula is C32H35BrINO8S. The van der Waals surface area contributed by atoms with Crippen LogP contribution in [0.3, 0.4) is 0 Å². The van der Waals surface area contributed by atoms with Crippen LogP contribution in [0.1, 0.15) is 48.8 Å². The number of nitrogens with one attached hydrogen (secondary N) is 1. The Bertz CT molecular complexity index is 1600. The van der Waals surface area contributed by atoms with Crippen molar-refractivity contribution in [1.82, 2.24) is 5.32 Å². The maximum atomic E-state index is 14.0. The smallest absolute Gasteiger partial charge is 0.326 e. The molecule has 0 bridgehead atoms. The molecule has 1 aliphatic heterocycles. The Morgan fingerprint density at radius 1 is 1.14 bits per heavy atom. The average molecular weight is 801 g/mol. The fourth-order valence-electron chi connectivity index (χ4n) is 5.87. The molecule has 0 aromatic heterocycles. The maximum Gasteiger partial charge on any atom is 0.326 e. The van der Waals surface area contributed by atoms with Gasteiger partial charge in [-0.05, 0) is 68.4 Å². The van der Waals surface area contributed by atoms with Crippen molar-refractivity contribution in [3.63, 3.8) is 0 Å². The number of aliphatic hydroxyl groups is 1. The van der Waals surface area contributed by atoms with Crippen LogP contribution in [0, 0.1) is 5.41 Å². The highest BCUT2D eigenvalue weighted by molar-refractivity contribution is 14.1. The number of amides is 1. The number of hydrogen-bond acceptors (Lipinski definition) is 7. The second kappa shape index (κ2) is 14.6. The number of para-hydroxylation sites is 1. The van der Waals surface area contributed by atoms with Crippen LogP contribution in [0.4, 0.5) is 0 Å². The molecule has 4 rings (SSSR count). The van der Waals surface area contributed by atoms with Crippen molar-refractivity contribution < 1.29 is 38.1 Å². The number of carboxylic acids is 1. The lowest BCUT2D eigenvalue weighted by atomic mass is 9.69. The van der Waals surface area contributed by atoms with Crippen LogP contribution >= 0.6 is 38.5 Å². The summed E-state index contributed by atoms with van der Waals surface area (Å²) in [5, 5.41) is 34.0. The zero-order valence-electron chi connectivity index (χ0n) is 24.1. The number of rotatable bonds is 12. The molecule has 1 amide bonds. The van der Waals surface area contributed by atoms with Crippen LogP contribution in [0.5, 0.6) is 11.5 Å². The van der Waals surface area contributed by atoms with E-state index in [2.05, 4.69) is 43.8 Å². The SMILES string of the molecule is CC[C@@]1(CCCI)CS(=O)(=O)c2cc(OCC(=O)N[C@H](Cc3ccccc3O)C(=O)O)c(Br)cc2[C@@H](c2ccccc2)[C@H]1O. The molecule has 44 heavy (non-hydrogen) atoms. The lowest BCUT2D eigenvalue weighted by molar-refractivity contribution is -0.142. The van der Waals surface area contributed by atoms with Gasteiger partial charge in [0.05, 0.1) is 21.2 Å². The van der Waals surface area contributed by atoms with Gasteiger partial charge in [-0.15, -0.1) is 0 Å². The fourth-order valence-corrected chi connectivity index (χ4v) is 8.99. The van der Waals surface area contributed by atoms with Gasteiger partial charge in [0, 0.05) is 23.8 Å². The topological polar surface area (TPSA) is 150 Å². The van der Waals surface area contributed by atoms with E-state index in [0.717, 1.165) is 16.4 Å². The second-order valence-corrected chi connectivity index (χ2v) is 14.9. The Morgan fingerprint density at radius 3 is 2.45 bits per heavy atom. The Kier molecular flexibility index (Phi) is 11.4. The molecule has 4 atom stereocenters. The predicted molar refractivity (Wildman–Crippen MR) is 178 cm³/mol. The lowest BCUT2D eigenvalue weighted by Gasteiger charge is -2.39. The molecule has 12 heteroatoms. The number of aliphatic hydroxyl groups excluding tert-OH is 1. The number of hydrogen-bond donors (Lipinski definition) is 4. The summed E-state index contributed by atoms with van der Waals surface area (Å²) in [4.78, 5) is 24.6. The normalized spacial score (nSPS) is 21.5. The quantitative estimate of drug-likeness (QED) is 0.144. The van der Waals surface area contributed by atoms with Gasteiger partial charge in [0.2, 0.25) is 0 Å². The van der Waals surface area contributed by atoms with Gasteiger partial charge in [0.15, 0.2) is 16.4 Å². The molecule has 9 nitrogen and oxygen atoms in total. The summed E-state index contributed by atoms with van der Waals surface area (Å²) in [6.45, 7) is 1.33. The Labute approximate surface area is 279 Å². The molecule has 236 valence electrons. The van der Waals surface area contributed by atoms with Crippen LogP contribution in [0.25, 0.3) is 0 Å². The number of halogens is 2. The van der Waals surface area contributed by atoms with Gasteiger partial charge >= 0.3 is 5.97 Å². The summed E-state index contributed by atoms with van der Waals surface area (Å²) in [5.41, 5.74) is 0.702. The number of ether oxygens (including phenoxy) is 1. The second-order valence-electron chi connectivity index (χ2n) is 11.0. The summed E-state index contributed by atoms with van der Waals surface area (Å²) >= 11 is 5.73. The number of benzene rings is 3. The third kappa shape index (κ3) is 7.57. The minimum absolute atomic E-state index is 0.0248. The van der Waals surface area contributed by atoms with Crippen LogP contribution in [-0.4, -0.2) is 64.5 Å². The first-order chi connectivity index (χ1) is 20.9. The molecule has 0 radical (unpaired) electrons. The predicted octanol–water partition coefficient (Wildman–Crippen LogP) is 5.24. The van der Waals surface area contributed by atoms with Crippen LogP contribution in [0.2, 0.25) is 0 Å². The van der Waals surface area contributed by atoms with Crippen molar-refractivity contribution in [1.29, 1.82) is 0 Å². The average Bonchev–Trinajstić information content (AvgIpc) is 3.06. The van der Waals surface area contributed by atoms with Gasteiger partial charge in [-0.2, -0.15) is 0 Å². The standard InChI is InChI=1S/C32H35BrINO8S/c1-2-32(13-8-14-34)19-44(41,42)27-17-26(23(33)16-22(27)29(30(32)38)20-9-4-3-5-10-20)43-18-28(37)35-24(31(39)40)15-21-11-6-7-12-25(21)36/h3-7,9-12,16-17,24,29-30,36,38H,2,8,13-15,18-19H2,1H3,(H,35,37)(H,39,40)/t24-,29-,30-,32-/m1/s1.